The fourth-order valence-electron chi connectivity index (χ4n) is 2.17. The predicted molar refractivity (Wildman–Crippen MR) is 78.1 cm³/mol. The SMILES string of the molecule is CC1C(=O)NCCN1CCC(=O)Nc1ccc(N)cc1. The molecule has 1 aromatic rings. The maximum absolute atomic E-state index is 11.9. The van der Waals surface area contributed by atoms with Crippen LogP contribution in [0.25, 0.3) is 0 Å². The lowest BCUT2D eigenvalue weighted by atomic mass is 10.2. The van der Waals surface area contributed by atoms with Gasteiger partial charge in [-0.3, -0.25) is 14.5 Å². The molecule has 108 valence electrons. The fourth-order valence-corrected chi connectivity index (χ4v) is 2.17. The molecule has 1 saturated heterocycles. The van der Waals surface area contributed by atoms with Crippen LogP contribution in [0.3, 0.4) is 0 Å². The van der Waals surface area contributed by atoms with Crippen LogP contribution in [-0.4, -0.2) is 42.4 Å². The number of nitrogen functional groups attached to an aromatic ring is 1. The molecule has 1 aromatic carbocycles. The van der Waals surface area contributed by atoms with Crippen molar-refractivity contribution >= 4 is 23.2 Å². The molecular weight excluding hydrogens is 256 g/mol. The number of hydrogen-bond donors (Lipinski definition) is 3. The van der Waals surface area contributed by atoms with E-state index >= 15 is 0 Å². The molecule has 0 saturated carbocycles. The van der Waals surface area contributed by atoms with Gasteiger partial charge in [-0.25, -0.2) is 0 Å². The van der Waals surface area contributed by atoms with Gasteiger partial charge in [0.15, 0.2) is 0 Å². The molecule has 0 spiro atoms. The molecule has 1 aliphatic heterocycles. The highest BCUT2D eigenvalue weighted by atomic mass is 16.2. The summed E-state index contributed by atoms with van der Waals surface area (Å²) in [6, 6.07) is 6.85. The highest BCUT2D eigenvalue weighted by molar-refractivity contribution is 5.91. The summed E-state index contributed by atoms with van der Waals surface area (Å²) in [6.07, 6.45) is 0.363. The van der Waals surface area contributed by atoms with Crippen LogP contribution in [-0.2, 0) is 9.59 Å². The molecule has 6 heteroatoms. The minimum atomic E-state index is -0.173. The average Bonchev–Trinajstić information content (AvgIpc) is 2.43. The Kier molecular flexibility index (Phi) is 4.57. The third kappa shape index (κ3) is 3.71. The van der Waals surface area contributed by atoms with Crippen LogP contribution in [0, 0.1) is 0 Å². The highest BCUT2D eigenvalue weighted by Gasteiger charge is 2.25. The van der Waals surface area contributed by atoms with Gasteiger partial charge in [-0.2, -0.15) is 0 Å². The van der Waals surface area contributed by atoms with Crippen molar-refractivity contribution in [3.63, 3.8) is 0 Å². The molecule has 1 heterocycles. The minimum Gasteiger partial charge on any atom is -0.399 e. The van der Waals surface area contributed by atoms with Crippen molar-refractivity contribution in [1.29, 1.82) is 0 Å². The summed E-state index contributed by atoms with van der Waals surface area (Å²) in [6.45, 7) is 3.85. The smallest absolute Gasteiger partial charge is 0.237 e. The van der Waals surface area contributed by atoms with Gasteiger partial charge < -0.3 is 16.4 Å². The Bertz CT molecular complexity index is 486. The number of nitrogens with one attached hydrogen (secondary N) is 2. The van der Waals surface area contributed by atoms with Crippen LogP contribution in [0.4, 0.5) is 11.4 Å². The average molecular weight is 276 g/mol. The summed E-state index contributed by atoms with van der Waals surface area (Å²) >= 11 is 0. The summed E-state index contributed by atoms with van der Waals surface area (Å²) in [7, 11) is 0. The van der Waals surface area contributed by atoms with Gasteiger partial charge in [-0.15, -0.1) is 0 Å². The summed E-state index contributed by atoms with van der Waals surface area (Å²) in [5.74, 6) is -0.0388. The second-order valence-corrected chi connectivity index (χ2v) is 4.92. The van der Waals surface area contributed by atoms with Crippen molar-refractivity contribution < 1.29 is 9.59 Å². The second kappa shape index (κ2) is 6.38. The van der Waals surface area contributed by atoms with Crippen molar-refractivity contribution in [2.24, 2.45) is 0 Å². The molecule has 1 aliphatic rings. The number of nitrogens with zero attached hydrogens (tertiary/aromatic N) is 1. The third-order valence-corrected chi connectivity index (χ3v) is 3.45. The number of hydrogen-bond acceptors (Lipinski definition) is 4. The van der Waals surface area contributed by atoms with Gasteiger partial charge in [-0.05, 0) is 31.2 Å². The van der Waals surface area contributed by atoms with Crippen LogP contribution in [0.5, 0.6) is 0 Å². The number of nitrogens with two attached hydrogens (primary N) is 1. The van der Waals surface area contributed by atoms with E-state index in [1.54, 1.807) is 24.3 Å². The topological polar surface area (TPSA) is 87.5 Å². The molecule has 0 aliphatic carbocycles. The lowest BCUT2D eigenvalue weighted by Gasteiger charge is -2.32. The van der Waals surface area contributed by atoms with E-state index < -0.39 is 0 Å². The Morgan fingerprint density at radius 2 is 2.15 bits per heavy atom. The summed E-state index contributed by atoms with van der Waals surface area (Å²) < 4.78 is 0. The van der Waals surface area contributed by atoms with Gasteiger partial charge >= 0.3 is 0 Å². The van der Waals surface area contributed by atoms with Gasteiger partial charge in [0.05, 0.1) is 6.04 Å². The van der Waals surface area contributed by atoms with Crippen LogP contribution in [0.1, 0.15) is 13.3 Å². The monoisotopic (exact) mass is 276 g/mol. The van der Waals surface area contributed by atoms with Crippen LogP contribution in [0.2, 0.25) is 0 Å². The second-order valence-electron chi connectivity index (χ2n) is 4.92. The van der Waals surface area contributed by atoms with E-state index in [4.69, 9.17) is 5.73 Å². The molecular formula is C14H20N4O2. The number of carbonyl (C=O) groups is 2. The number of anilines is 2. The maximum atomic E-state index is 11.9. The molecule has 20 heavy (non-hydrogen) atoms. The zero-order valence-electron chi connectivity index (χ0n) is 11.6. The molecule has 2 rings (SSSR count). The van der Waals surface area contributed by atoms with Crippen LogP contribution in [0.15, 0.2) is 24.3 Å². The first-order chi connectivity index (χ1) is 9.56. The van der Waals surface area contributed by atoms with Crippen molar-refractivity contribution in [2.75, 3.05) is 30.7 Å². The zero-order chi connectivity index (χ0) is 14.5. The summed E-state index contributed by atoms with van der Waals surface area (Å²) in [4.78, 5) is 25.4. The zero-order valence-corrected chi connectivity index (χ0v) is 11.6. The quantitative estimate of drug-likeness (QED) is 0.695. The van der Waals surface area contributed by atoms with Crippen molar-refractivity contribution in [2.45, 2.75) is 19.4 Å². The number of piperazine rings is 1. The Morgan fingerprint density at radius 1 is 1.45 bits per heavy atom. The molecule has 0 aromatic heterocycles. The number of amides is 2. The first-order valence-corrected chi connectivity index (χ1v) is 6.73. The van der Waals surface area contributed by atoms with Gasteiger partial charge in [0.1, 0.15) is 0 Å². The molecule has 1 fully saturated rings. The molecule has 6 nitrogen and oxygen atoms in total. The number of carbonyl (C=O) groups excluding carboxylic acids is 2. The lowest BCUT2D eigenvalue weighted by molar-refractivity contribution is -0.129. The Balaban J connectivity index is 1.80. The normalized spacial score (nSPS) is 19.4. The molecule has 1 atom stereocenters. The largest absolute Gasteiger partial charge is 0.399 e. The van der Waals surface area contributed by atoms with E-state index in [1.807, 2.05) is 11.8 Å². The Morgan fingerprint density at radius 3 is 2.85 bits per heavy atom. The predicted octanol–water partition coefficient (Wildman–Crippen LogP) is 0.418. The number of rotatable bonds is 4. The highest BCUT2D eigenvalue weighted by Crippen LogP contribution is 2.11. The molecule has 0 bridgehead atoms. The van der Waals surface area contributed by atoms with Crippen LogP contribution < -0.4 is 16.4 Å². The van der Waals surface area contributed by atoms with E-state index in [9.17, 15) is 9.59 Å². The van der Waals surface area contributed by atoms with Crippen molar-refractivity contribution in [3.05, 3.63) is 24.3 Å². The van der Waals surface area contributed by atoms with E-state index in [-0.39, 0.29) is 17.9 Å². The lowest BCUT2D eigenvalue weighted by Crippen LogP contribution is -2.54. The van der Waals surface area contributed by atoms with Crippen molar-refractivity contribution in [1.82, 2.24) is 10.2 Å². The summed E-state index contributed by atoms with van der Waals surface area (Å²) in [5.41, 5.74) is 6.98. The van der Waals surface area contributed by atoms with E-state index in [1.165, 1.54) is 0 Å². The first-order valence-electron chi connectivity index (χ1n) is 6.73. The van der Waals surface area contributed by atoms with Gasteiger partial charge in [0.25, 0.3) is 0 Å². The standard InChI is InChI=1S/C14H20N4O2/c1-10-14(20)16-7-9-18(10)8-6-13(19)17-12-4-2-11(15)3-5-12/h2-5,10H,6-9,15H2,1H3,(H,16,20)(H,17,19). The van der Waals surface area contributed by atoms with E-state index in [0.29, 0.717) is 25.2 Å². The van der Waals surface area contributed by atoms with E-state index in [0.717, 1.165) is 12.2 Å². The van der Waals surface area contributed by atoms with Crippen molar-refractivity contribution in [3.8, 4) is 0 Å². The van der Waals surface area contributed by atoms with Gasteiger partial charge in [0, 0.05) is 37.4 Å². The fraction of sp³-hybridized carbons (Fsp3) is 0.429. The minimum absolute atomic E-state index is 0.0233. The van der Waals surface area contributed by atoms with Gasteiger partial charge in [0.2, 0.25) is 11.8 Å². The molecule has 4 N–H and O–H groups in total. The van der Waals surface area contributed by atoms with Gasteiger partial charge in [-0.1, -0.05) is 0 Å². The Hall–Kier alpha value is -2.08. The Labute approximate surface area is 118 Å². The molecule has 0 radical (unpaired) electrons. The van der Waals surface area contributed by atoms with E-state index in [2.05, 4.69) is 10.6 Å². The third-order valence-electron chi connectivity index (χ3n) is 3.45. The first kappa shape index (κ1) is 14.3. The maximum Gasteiger partial charge on any atom is 0.237 e. The molecule has 2 amide bonds. The summed E-state index contributed by atoms with van der Waals surface area (Å²) in [5, 5.41) is 5.61. The molecule has 1 unspecified atom stereocenters. The van der Waals surface area contributed by atoms with Crippen LogP contribution >= 0.6 is 0 Å². The number of benzene rings is 1.